The molecule has 0 saturated heterocycles. The summed E-state index contributed by atoms with van der Waals surface area (Å²) in [6.45, 7) is 3.22. The second-order valence-corrected chi connectivity index (χ2v) is 6.43. The van der Waals surface area contributed by atoms with Gasteiger partial charge in [-0.25, -0.2) is 0 Å². The van der Waals surface area contributed by atoms with Crippen molar-refractivity contribution in [2.45, 2.75) is 38.5 Å². The van der Waals surface area contributed by atoms with E-state index < -0.39 is 0 Å². The predicted molar refractivity (Wildman–Crippen MR) is 65.4 cm³/mol. The topological polar surface area (TPSA) is 21.3 Å². The molecule has 0 aromatic carbocycles. The van der Waals surface area contributed by atoms with E-state index in [1.54, 1.807) is 0 Å². The van der Waals surface area contributed by atoms with E-state index in [2.05, 4.69) is 12.4 Å². The van der Waals surface area contributed by atoms with E-state index in [0.717, 1.165) is 31.0 Å². The summed E-state index contributed by atoms with van der Waals surface area (Å²) in [4.78, 5) is 0. The molecule has 2 nitrogen and oxygen atoms in total. The predicted octanol–water partition coefficient (Wildman–Crippen LogP) is 2.44. The van der Waals surface area contributed by atoms with Crippen molar-refractivity contribution >= 4 is 0 Å². The normalized spacial score (nSPS) is 41.8. The Hall–Kier alpha value is -0.0800. The highest BCUT2D eigenvalue weighted by atomic mass is 16.5. The van der Waals surface area contributed by atoms with E-state index in [1.807, 2.05) is 0 Å². The maximum atomic E-state index is 6.01. The van der Waals surface area contributed by atoms with Crippen molar-refractivity contribution in [2.24, 2.45) is 23.2 Å². The van der Waals surface area contributed by atoms with Crippen molar-refractivity contribution in [3.05, 3.63) is 0 Å². The fourth-order valence-corrected chi connectivity index (χ4v) is 4.07. The summed E-state index contributed by atoms with van der Waals surface area (Å²) < 4.78 is 6.01. The number of rotatable bonds is 6. The van der Waals surface area contributed by atoms with Crippen LogP contribution in [-0.2, 0) is 4.74 Å². The van der Waals surface area contributed by atoms with Gasteiger partial charge in [-0.15, -0.1) is 0 Å². The van der Waals surface area contributed by atoms with E-state index in [0.29, 0.717) is 5.41 Å². The largest absolute Gasteiger partial charge is 0.381 e. The molecule has 3 unspecified atom stereocenters. The molecule has 2 heteroatoms. The first-order valence-electron chi connectivity index (χ1n) is 7.05. The van der Waals surface area contributed by atoms with Crippen molar-refractivity contribution in [3.8, 4) is 0 Å². The summed E-state index contributed by atoms with van der Waals surface area (Å²) in [5.41, 5.74) is 0.493. The zero-order chi connectivity index (χ0) is 11.0. The van der Waals surface area contributed by atoms with Gasteiger partial charge in [0, 0.05) is 18.6 Å². The lowest BCUT2D eigenvalue weighted by Crippen LogP contribution is -2.41. The minimum atomic E-state index is 0.493. The number of ether oxygens (including phenoxy) is 1. The van der Waals surface area contributed by atoms with Gasteiger partial charge in [-0.1, -0.05) is 6.42 Å². The fourth-order valence-electron chi connectivity index (χ4n) is 4.07. The van der Waals surface area contributed by atoms with Crippen LogP contribution >= 0.6 is 0 Å². The smallest absolute Gasteiger partial charge is 0.0537 e. The Morgan fingerprint density at radius 3 is 2.69 bits per heavy atom. The average molecular weight is 223 g/mol. The number of nitrogens with one attached hydrogen (secondary N) is 1. The van der Waals surface area contributed by atoms with Gasteiger partial charge in [0.2, 0.25) is 0 Å². The third-order valence-corrected chi connectivity index (χ3v) is 5.07. The molecule has 3 rings (SSSR count). The van der Waals surface area contributed by atoms with Crippen LogP contribution in [0.4, 0.5) is 0 Å². The minimum absolute atomic E-state index is 0.493. The maximum absolute atomic E-state index is 6.01. The van der Waals surface area contributed by atoms with Crippen LogP contribution in [0.5, 0.6) is 0 Å². The van der Waals surface area contributed by atoms with Crippen LogP contribution in [0.25, 0.3) is 0 Å². The molecule has 3 saturated carbocycles. The highest BCUT2D eigenvalue weighted by Gasteiger charge is 2.50. The van der Waals surface area contributed by atoms with E-state index >= 15 is 0 Å². The quantitative estimate of drug-likeness (QED) is 0.747. The van der Waals surface area contributed by atoms with Crippen molar-refractivity contribution in [2.75, 3.05) is 26.8 Å². The highest BCUT2D eigenvalue weighted by Crippen LogP contribution is 2.55. The summed E-state index contributed by atoms with van der Waals surface area (Å²) in [5.74, 6) is 2.87. The van der Waals surface area contributed by atoms with Gasteiger partial charge in [-0.3, -0.25) is 0 Å². The van der Waals surface area contributed by atoms with Crippen LogP contribution in [-0.4, -0.2) is 26.8 Å². The summed E-state index contributed by atoms with van der Waals surface area (Å²) >= 11 is 0. The van der Waals surface area contributed by atoms with E-state index in [4.69, 9.17) is 4.74 Å². The Kier molecular flexibility index (Phi) is 2.97. The van der Waals surface area contributed by atoms with Gasteiger partial charge in [0.1, 0.15) is 0 Å². The lowest BCUT2D eigenvalue weighted by atomic mass is 9.73. The SMILES string of the molecule is CNCC1(COCC2CC2)CC2CCC1C2. The van der Waals surface area contributed by atoms with Gasteiger partial charge in [-0.05, 0) is 56.9 Å². The van der Waals surface area contributed by atoms with Crippen LogP contribution in [0.3, 0.4) is 0 Å². The Balaban J connectivity index is 1.56. The molecule has 0 aliphatic heterocycles. The molecule has 0 spiro atoms. The van der Waals surface area contributed by atoms with Crippen molar-refractivity contribution in [1.29, 1.82) is 0 Å². The molecule has 3 fully saturated rings. The number of fused-ring (bicyclic) bond motifs is 2. The molecular formula is C14H25NO. The van der Waals surface area contributed by atoms with Crippen LogP contribution in [0, 0.1) is 23.2 Å². The van der Waals surface area contributed by atoms with Crippen LogP contribution in [0.15, 0.2) is 0 Å². The Morgan fingerprint density at radius 1 is 1.25 bits per heavy atom. The molecule has 0 amide bonds. The Morgan fingerprint density at radius 2 is 2.12 bits per heavy atom. The summed E-state index contributed by atoms with van der Waals surface area (Å²) in [6.07, 6.45) is 8.66. The third-order valence-electron chi connectivity index (χ3n) is 5.07. The van der Waals surface area contributed by atoms with Gasteiger partial charge in [0.25, 0.3) is 0 Å². The molecule has 3 aliphatic carbocycles. The van der Waals surface area contributed by atoms with Gasteiger partial charge in [0.15, 0.2) is 0 Å². The molecule has 0 radical (unpaired) electrons. The first-order valence-corrected chi connectivity index (χ1v) is 7.05. The monoisotopic (exact) mass is 223 g/mol. The first kappa shape index (κ1) is 11.0. The van der Waals surface area contributed by atoms with Gasteiger partial charge in [0.05, 0.1) is 6.61 Å². The van der Waals surface area contributed by atoms with Gasteiger partial charge < -0.3 is 10.1 Å². The van der Waals surface area contributed by atoms with Gasteiger partial charge in [-0.2, -0.15) is 0 Å². The summed E-state index contributed by atoms with van der Waals surface area (Å²) in [6, 6.07) is 0. The summed E-state index contributed by atoms with van der Waals surface area (Å²) in [7, 11) is 2.09. The third kappa shape index (κ3) is 2.02. The Labute approximate surface area is 99.1 Å². The van der Waals surface area contributed by atoms with Gasteiger partial charge >= 0.3 is 0 Å². The molecule has 3 atom stereocenters. The molecule has 1 N–H and O–H groups in total. The van der Waals surface area contributed by atoms with E-state index in [1.165, 1.54) is 45.1 Å². The van der Waals surface area contributed by atoms with Crippen LogP contribution < -0.4 is 5.32 Å². The lowest BCUT2D eigenvalue weighted by molar-refractivity contribution is 0.00563. The fraction of sp³-hybridized carbons (Fsp3) is 1.00. The molecule has 92 valence electrons. The standard InChI is InChI=1S/C14H25NO/c1-15-9-14(10-16-8-11-2-3-11)7-12-4-5-13(14)6-12/h11-13,15H,2-10H2,1H3. The molecule has 0 aromatic rings. The average Bonchev–Trinajstić information content (AvgIpc) is 2.88. The molecule has 0 heterocycles. The second-order valence-electron chi connectivity index (χ2n) is 6.43. The second kappa shape index (κ2) is 4.30. The zero-order valence-corrected chi connectivity index (χ0v) is 10.5. The molecule has 16 heavy (non-hydrogen) atoms. The van der Waals surface area contributed by atoms with Crippen molar-refractivity contribution in [3.63, 3.8) is 0 Å². The molecule has 3 aliphatic rings. The van der Waals surface area contributed by atoms with Crippen molar-refractivity contribution in [1.82, 2.24) is 5.32 Å². The van der Waals surface area contributed by atoms with Crippen molar-refractivity contribution < 1.29 is 4.74 Å². The van der Waals surface area contributed by atoms with E-state index in [-0.39, 0.29) is 0 Å². The highest BCUT2D eigenvalue weighted by molar-refractivity contribution is 5.01. The minimum Gasteiger partial charge on any atom is -0.381 e. The first-order chi connectivity index (χ1) is 7.82. The lowest BCUT2D eigenvalue weighted by Gasteiger charge is -2.37. The maximum Gasteiger partial charge on any atom is 0.0537 e. The van der Waals surface area contributed by atoms with Crippen LogP contribution in [0.2, 0.25) is 0 Å². The number of hydrogen-bond donors (Lipinski definition) is 1. The van der Waals surface area contributed by atoms with E-state index in [9.17, 15) is 0 Å². The Bertz CT molecular complexity index is 251. The molecular weight excluding hydrogens is 198 g/mol. The van der Waals surface area contributed by atoms with Crippen LogP contribution in [0.1, 0.15) is 38.5 Å². The molecule has 2 bridgehead atoms. The summed E-state index contributed by atoms with van der Waals surface area (Å²) in [5, 5.41) is 3.41. The molecule has 0 aromatic heterocycles. The zero-order valence-electron chi connectivity index (χ0n) is 10.5. The number of hydrogen-bond acceptors (Lipinski definition) is 2.